The van der Waals surface area contributed by atoms with E-state index in [1.165, 1.54) is 12.8 Å². The summed E-state index contributed by atoms with van der Waals surface area (Å²) in [6, 6.07) is 0. The molecule has 0 bridgehead atoms. The van der Waals surface area contributed by atoms with E-state index in [-0.39, 0.29) is 11.1 Å². The Balaban J connectivity index is 2.62. The number of hydrogen-bond donors (Lipinski definition) is 2. The summed E-state index contributed by atoms with van der Waals surface area (Å²) in [5.41, 5.74) is 12.0. The SMILES string of the molecule is CC(C)(N)C1CCC1C(C)(C)N. The van der Waals surface area contributed by atoms with Crippen LogP contribution in [0.2, 0.25) is 0 Å². The molecule has 72 valence electrons. The standard InChI is InChI=1S/C10H22N2/c1-9(2,11)7-5-6-8(7)10(3,4)12/h7-8H,5-6,11-12H2,1-4H3. The van der Waals surface area contributed by atoms with Gasteiger partial charge in [-0.2, -0.15) is 0 Å². The Bertz CT molecular complexity index is 142. The molecule has 2 nitrogen and oxygen atoms in total. The van der Waals surface area contributed by atoms with Crippen molar-refractivity contribution in [2.24, 2.45) is 23.3 Å². The topological polar surface area (TPSA) is 52.0 Å². The van der Waals surface area contributed by atoms with Crippen molar-refractivity contribution in [3.63, 3.8) is 0 Å². The molecule has 0 aromatic rings. The lowest BCUT2D eigenvalue weighted by Gasteiger charge is -2.50. The fourth-order valence-electron chi connectivity index (χ4n) is 2.28. The van der Waals surface area contributed by atoms with Crippen molar-refractivity contribution < 1.29 is 0 Å². The normalized spacial score (nSPS) is 31.5. The minimum atomic E-state index is -0.0560. The average Bonchev–Trinajstić information content (AvgIpc) is 1.46. The van der Waals surface area contributed by atoms with E-state index in [9.17, 15) is 0 Å². The zero-order valence-corrected chi connectivity index (χ0v) is 8.72. The maximum absolute atomic E-state index is 6.07. The van der Waals surface area contributed by atoms with Crippen LogP contribution in [-0.4, -0.2) is 11.1 Å². The molecule has 0 aromatic heterocycles. The van der Waals surface area contributed by atoms with Crippen molar-refractivity contribution in [3.05, 3.63) is 0 Å². The van der Waals surface area contributed by atoms with Gasteiger partial charge in [0.2, 0.25) is 0 Å². The number of nitrogens with two attached hydrogens (primary N) is 2. The van der Waals surface area contributed by atoms with Crippen LogP contribution in [0.3, 0.4) is 0 Å². The Morgan fingerprint density at radius 1 is 0.833 bits per heavy atom. The third kappa shape index (κ3) is 1.80. The van der Waals surface area contributed by atoms with E-state index >= 15 is 0 Å². The van der Waals surface area contributed by atoms with Crippen molar-refractivity contribution >= 4 is 0 Å². The van der Waals surface area contributed by atoms with Crippen LogP contribution in [0.25, 0.3) is 0 Å². The van der Waals surface area contributed by atoms with Crippen molar-refractivity contribution in [3.8, 4) is 0 Å². The summed E-state index contributed by atoms with van der Waals surface area (Å²) in [5.74, 6) is 1.22. The molecule has 0 saturated heterocycles. The largest absolute Gasteiger partial charge is 0.325 e. The lowest BCUT2D eigenvalue weighted by molar-refractivity contribution is 0.0458. The van der Waals surface area contributed by atoms with Crippen molar-refractivity contribution in [1.82, 2.24) is 0 Å². The molecule has 1 aliphatic carbocycles. The van der Waals surface area contributed by atoms with Gasteiger partial charge in [-0.25, -0.2) is 0 Å². The molecule has 0 aliphatic heterocycles. The molecule has 0 aromatic carbocycles. The van der Waals surface area contributed by atoms with Gasteiger partial charge in [-0.1, -0.05) is 0 Å². The summed E-state index contributed by atoms with van der Waals surface area (Å²) in [6.45, 7) is 8.43. The van der Waals surface area contributed by atoms with Gasteiger partial charge < -0.3 is 11.5 Å². The first-order valence-electron chi connectivity index (χ1n) is 4.80. The quantitative estimate of drug-likeness (QED) is 0.659. The molecule has 1 rings (SSSR count). The zero-order valence-electron chi connectivity index (χ0n) is 8.72. The van der Waals surface area contributed by atoms with Gasteiger partial charge >= 0.3 is 0 Å². The first kappa shape index (κ1) is 10.0. The third-order valence-electron chi connectivity index (χ3n) is 3.19. The molecule has 0 spiro atoms. The molecule has 1 saturated carbocycles. The highest BCUT2D eigenvalue weighted by atomic mass is 14.8. The highest BCUT2D eigenvalue weighted by Crippen LogP contribution is 2.45. The number of rotatable bonds is 2. The summed E-state index contributed by atoms with van der Waals surface area (Å²) in [6.07, 6.45) is 2.49. The summed E-state index contributed by atoms with van der Waals surface area (Å²) in [5, 5.41) is 0. The van der Waals surface area contributed by atoms with E-state index in [0.717, 1.165) is 0 Å². The molecule has 2 atom stereocenters. The van der Waals surface area contributed by atoms with Gasteiger partial charge in [0, 0.05) is 11.1 Å². The number of hydrogen-bond acceptors (Lipinski definition) is 2. The predicted molar refractivity (Wildman–Crippen MR) is 52.7 cm³/mol. The molecule has 4 N–H and O–H groups in total. The maximum atomic E-state index is 6.07. The average molecular weight is 170 g/mol. The van der Waals surface area contributed by atoms with Gasteiger partial charge in [0.25, 0.3) is 0 Å². The summed E-state index contributed by atoms with van der Waals surface area (Å²) < 4.78 is 0. The minimum Gasteiger partial charge on any atom is -0.325 e. The first-order valence-corrected chi connectivity index (χ1v) is 4.80. The molecule has 0 amide bonds. The van der Waals surface area contributed by atoms with Crippen LogP contribution in [-0.2, 0) is 0 Å². The highest BCUT2D eigenvalue weighted by molar-refractivity contribution is 5.01. The second kappa shape index (κ2) is 2.71. The fourth-order valence-corrected chi connectivity index (χ4v) is 2.28. The molecule has 1 fully saturated rings. The van der Waals surface area contributed by atoms with Crippen molar-refractivity contribution in [1.29, 1.82) is 0 Å². The van der Waals surface area contributed by atoms with Crippen molar-refractivity contribution in [2.45, 2.75) is 51.6 Å². The van der Waals surface area contributed by atoms with E-state index < -0.39 is 0 Å². The van der Waals surface area contributed by atoms with Crippen LogP contribution in [0.4, 0.5) is 0 Å². The van der Waals surface area contributed by atoms with Crippen LogP contribution < -0.4 is 11.5 Å². The second-order valence-electron chi connectivity index (χ2n) is 5.43. The molecule has 2 heteroatoms. The lowest BCUT2D eigenvalue weighted by Crippen LogP contribution is -2.58. The predicted octanol–water partition coefficient (Wildman–Crippen LogP) is 1.49. The van der Waals surface area contributed by atoms with Crippen LogP contribution in [0.5, 0.6) is 0 Å². The van der Waals surface area contributed by atoms with Crippen LogP contribution in [0, 0.1) is 11.8 Å². The van der Waals surface area contributed by atoms with Gasteiger partial charge in [0.05, 0.1) is 0 Å². The van der Waals surface area contributed by atoms with Crippen LogP contribution >= 0.6 is 0 Å². The highest BCUT2D eigenvalue weighted by Gasteiger charge is 2.45. The first-order chi connectivity index (χ1) is 5.23. The van der Waals surface area contributed by atoms with Crippen molar-refractivity contribution in [2.75, 3.05) is 0 Å². The second-order valence-corrected chi connectivity index (χ2v) is 5.43. The van der Waals surface area contributed by atoms with Gasteiger partial charge in [0.1, 0.15) is 0 Å². The molecule has 1 aliphatic rings. The Morgan fingerprint density at radius 3 is 1.17 bits per heavy atom. The Kier molecular flexibility index (Phi) is 2.26. The maximum Gasteiger partial charge on any atom is 0.0129 e. The zero-order chi connectivity index (χ0) is 9.57. The Morgan fingerprint density at radius 2 is 1.08 bits per heavy atom. The third-order valence-corrected chi connectivity index (χ3v) is 3.19. The van der Waals surface area contributed by atoms with E-state index in [2.05, 4.69) is 27.7 Å². The molecule has 0 radical (unpaired) electrons. The Labute approximate surface area is 75.7 Å². The van der Waals surface area contributed by atoms with E-state index in [0.29, 0.717) is 11.8 Å². The summed E-state index contributed by atoms with van der Waals surface area (Å²) in [4.78, 5) is 0. The fraction of sp³-hybridized carbons (Fsp3) is 1.00. The van der Waals surface area contributed by atoms with Gasteiger partial charge in [-0.15, -0.1) is 0 Å². The summed E-state index contributed by atoms with van der Waals surface area (Å²) in [7, 11) is 0. The van der Waals surface area contributed by atoms with E-state index in [1.807, 2.05) is 0 Å². The molecule has 12 heavy (non-hydrogen) atoms. The van der Waals surface area contributed by atoms with Crippen LogP contribution in [0.1, 0.15) is 40.5 Å². The molecule has 2 unspecified atom stereocenters. The molecule has 0 heterocycles. The van der Waals surface area contributed by atoms with E-state index in [4.69, 9.17) is 11.5 Å². The molecular weight excluding hydrogens is 148 g/mol. The molecular formula is C10H22N2. The summed E-state index contributed by atoms with van der Waals surface area (Å²) >= 11 is 0. The lowest BCUT2D eigenvalue weighted by atomic mass is 9.59. The minimum absolute atomic E-state index is 0.0560. The smallest absolute Gasteiger partial charge is 0.0129 e. The Hall–Kier alpha value is -0.0800. The van der Waals surface area contributed by atoms with Crippen LogP contribution in [0.15, 0.2) is 0 Å². The monoisotopic (exact) mass is 170 g/mol. The van der Waals surface area contributed by atoms with Gasteiger partial charge in [-0.05, 0) is 52.4 Å². The van der Waals surface area contributed by atoms with Gasteiger partial charge in [-0.3, -0.25) is 0 Å². The van der Waals surface area contributed by atoms with Gasteiger partial charge in [0.15, 0.2) is 0 Å². The van der Waals surface area contributed by atoms with E-state index in [1.54, 1.807) is 0 Å².